The summed E-state index contributed by atoms with van der Waals surface area (Å²) < 4.78 is 33.2. The quantitative estimate of drug-likeness (QED) is 0.314. The van der Waals surface area contributed by atoms with Crippen LogP contribution in [0.4, 0.5) is 20.4 Å². The Hall–Kier alpha value is -3.04. The summed E-state index contributed by atoms with van der Waals surface area (Å²) in [6.07, 6.45) is 5.74. The summed E-state index contributed by atoms with van der Waals surface area (Å²) in [6.45, 7) is 11.0. The minimum Gasteiger partial charge on any atom is -0.354 e. The number of nitrogens with zero attached hydrogens (tertiary/aromatic N) is 4. The van der Waals surface area contributed by atoms with Crippen LogP contribution in [0.3, 0.4) is 0 Å². The number of quaternary nitrogens is 1. The highest BCUT2D eigenvalue weighted by atomic mass is 35.5. The fourth-order valence-electron chi connectivity index (χ4n) is 6.80. The maximum atomic E-state index is 16.6. The van der Waals surface area contributed by atoms with Crippen LogP contribution < -0.4 is 10.2 Å². The van der Waals surface area contributed by atoms with E-state index in [0.29, 0.717) is 11.7 Å². The summed E-state index contributed by atoms with van der Waals surface area (Å²) in [6, 6.07) is 4.81. The van der Waals surface area contributed by atoms with Gasteiger partial charge in [-0.05, 0) is 37.7 Å². The van der Waals surface area contributed by atoms with Gasteiger partial charge in [0.25, 0.3) is 5.91 Å². The van der Waals surface area contributed by atoms with Gasteiger partial charge in [0.05, 0.1) is 30.4 Å². The average molecular weight is 584 g/mol. The van der Waals surface area contributed by atoms with Crippen LogP contribution in [0.2, 0.25) is 5.02 Å². The Morgan fingerprint density at radius 3 is 2.61 bits per heavy atom. The predicted octanol–water partition coefficient (Wildman–Crippen LogP) is 6.11. The van der Waals surface area contributed by atoms with Gasteiger partial charge in [-0.2, -0.15) is 5.10 Å². The normalized spacial score (nSPS) is 26.6. The Balaban J connectivity index is 1.42. The molecule has 6 rings (SSSR count). The van der Waals surface area contributed by atoms with Gasteiger partial charge in [0, 0.05) is 40.8 Å². The zero-order valence-electron chi connectivity index (χ0n) is 24.3. The number of likely N-dealkylation sites (N-methyl/N-ethyl adjacent to an activating group) is 1. The third kappa shape index (κ3) is 4.80. The molecule has 1 saturated carbocycles. The molecular formula is C31H38ClF2N6O+. The molecule has 4 heterocycles. The van der Waals surface area contributed by atoms with Crippen LogP contribution in [0.15, 0.2) is 30.6 Å². The molecule has 2 atom stereocenters. The summed E-state index contributed by atoms with van der Waals surface area (Å²) in [5, 5.41) is 10.5. The van der Waals surface area contributed by atoms with Gasteiger partial charge in [-0.3, -0.25) is 14.8 Å². The highest BCUT2D eigenvalue weighted by Crippen LogP contribution is 2.46. The fourth-order valence-corrected chi connectivity index (χ4v) is 6.97. The molecule has 1 aromatic carbocycles. The molecule has 7 nitrogen and oxygen atoms in total. The summed E-state index contributed by atoms with van der Waals surface area (Å²) >= 11 is 6.23. The number of pyridine rings is 1. The fraction of sp³-hybridized carbons (Fsp3) is 0.516. The number of amides is 1. The number of anilines is 2. The number of aromatic amines is 1. The number of rotatable bonds is 8. The maximum Gasteiger partial charge on any atom is 0.261 e. The highest BCUT2D eigenvalue weighted by Gasteiger charge is 2.48. The first-order valence-corrected chi connectivity index (χ1v) is 14.9. The molecule has 41 heavy (non-hydrogen) atoms. The number of likely N-dealkylation sites (tertiary alicyclic amines) is 1. The smallest absolute Gasteiger partial charge is 0.261 e. The molecule has 1 unspecified atom stereocenters. The summed E-state index contributed by atoms with van der Waals surface area (Å²) in [7, 11) is 2.24. The molecule has 2 aliphatic heterocycles. The molecular weight excluding hydrogens is 546 g/mol. The first-order valence-electron chi connectivity index (χ1n) is 14.5. The number of carbonyl (C=O) groups excluding carboxylic acids is 1. The lowest BCUT2D eigenvalue weighted by molar-refractivity contribution is -0.948. The molecule has 10 heteroatoms. The van der Waals surface area contributed by atoms with Crippen molar-refractivity contribution in [2.45, 2.75) is 57.9 Å². The SMILES string of the molecule is CC(C)C(C)c1cn[nH]c1N1C[C@](C)(c2cccc(Cl)c2F)c2c(cnc(NC3C[N+](C)(CC4CC4)C3)c2F)C1=O. The van der Waals surface area contributed by atoms with E-state index in [-0.39, 0.29) is 46.0 Å². The van der Waals surface area contributed by atoms with Gasteiger partial charge in [0.1, 0.15) is 30.8 Å². The zero-order chi connectivity index (χ0) is 29.3. The standard InChI is InChI=1S/C31H37ClF2N6O/c1-17(2)18(3)21-12-36-38-29(21)39-16-31(4,23-7-6-8-24(32)26(23)33)25-22(30(39)41)11-35-28(27(25)34)37-20-14-40(5,15-20)13-19-9-10-19/h6-8,11-12,17-20H,9-10,13-16H2,1-5H3,(H-,35,36,37,38,41)/p+1/t18?,20?,31-,40?/m1/s1. The second kappa shape index (κ2) is 10.1. The molecule has 3 aromatic rings. The number of carbonyl (C=O) groups is 1. The largest absolute Gasteiger partial charge is 0.354 e. The third-order valence-corrected chi connectivity index (χ3v) is 9.83. The lowest BCUT2D eigenvalue weighted by Crippen LogP contribution is -2.67. The van der Waals surface area contributed by atoms with Gasteiger partial charge in [-0.1, -0.05) is 44.5 Å². The number of fused-ring (bicyclic) bond motifs is 1. The van der Waals surface area contributed by atoms with Crippen molar-refractivity contribution in [1.29, 1.82) is 0 Å². The number of nitrogens with one attached hydrogen (secondary N) is 2. The van der Waals surface area contributed by atoms with Gasteiger partial charge < -0.3 is 9.80 Å². The lowest BCUT2D eigenvalue weighted by atomic mass is 9.71. The van der Waals surface area contributed by atoms with E-state index >= 15 is 8.78 Å². The van der Waals surface area contributed by atoms with Gasteiger partial charge in [0.15, 0.2) is 11.6 Å². The first kappa shape index (κ1) is 28.1. The summed E-state index contributed by atoms with van der Waals surface area (Å²) in [4.78, 5) is 20.0. The van der Waals surface area contributed by atoms with Crippen molar-refractivity contribution in [3.05, 3.63) is 69.5 Å². The van der Waals surface area contributed by atoms with Crippen molar-refractivity contribution in [1.82, 2.24) is 15.2 Å². The van der Waals surface area contributed by atoms with Crippen molar-refractivity contribution in [3.63, 3.8) is 0 Å². The van der Waals surface area contributed by atoms with E-state index in [9.17, 15) is 4.79 Å². The van der Waals surface area contributed by atoms with Crippen LogP contribution in [0.25, 0.3) is 0 Å². The van der Waals surface area contributed by atoms with Crippen molar-refractivity contribution < 1.29 is 18.1 Å². The van der Waals surface area contributed by atoms with Crippen molar-refractivity contribution in [2.75, 3.05) is 43.4 Å². The van der Waals surface area contributed by atoms with E-state index < -0.39 is 23.0 Å². The number of halogens is 3. The van der Waals surface area contributed by atoms with E-state index in [0.717, 1.165) is 35.6 Å². The van der Waals surface area contributed by atoms with E-state index in [1.54, 1.807) is 30.2 Å². The molecule has 1 saturated heterocycles. The molecule has 1 amide bonds. The predicted molar refractivity (Wildman–Crippen MR) is 156 cm³/mol. The molecule has 0 bridgehead atoms. The highest BCUT2D eigenvalue weighted by molar-refractivity contribution is 6.30. The number of aromatic nitrogens is 3. The maximum absolute atomic E-state index is 16.6. The van der Waals surface area contributed by atoms with Crippen LogP contribution >= 0.6 is 11.6 Å². The minimum absolute atomic E-state index is 0.00372. The number of hydrogen-bond acceptors (Lipinski definition) is 4. The Morgan fingerprint density at radius 1 is 1.20 bits per heavy atom. The Morgan fingerprint density at radius 2 is 1.93 bits per heavy atom. The number of hydrogen-bond donors (Lipinski definition) is 2. The lowest BCUT2D eigenvalue weighted by Gasteiger charge is -2.48. The van der Waals surface area contributed by atoms with Crippen LogP contribution in [0, 0.1) is 23.5 Å². The molecule has 2 aromatic heterocycles. The molecule has 1 aliphatic carbocycles. The van der Waals surface area contributed by atoms with E-state index in [1.165, 1.54) is 25.1 Å². The summed E-state index contributed by atoms with van der Waals surface area (Å²) in [5.41, 5.74) is 0.0538. The molecule has 218 valence electrons. The second-order valence-corrected chi connectivity index (χ2v) is 13.6. The van der Waals surface area contributed by atoms with Crippen molar-refractivity contribution in [3.8, 4) is 0 Å². The van der Waals surface area contributed by atoms with E-state index in [4.69, 9.17) is 11.6 Å². The van der Waals surface area contributed by atoms with Gasteiger partial charge in [-0.15, -0.1) is 0 Å². The molecule has 2 fully saturated rings. The van der Waals surface area contributed by atoms with Gasteiger partial charge >= 0.3 is 0 Å². The average Bonchev–Trinajstić information content (AvgIpc) is 3.58. The van der Waals surface area contributed by atoms with Crippen LogP contribution in [-0.2, 0) is 5.41 Å². The Bertz CT molecular complexity index is 1500. The molecule has 0 spiro atoms. The number of benzene rings is 1. The van der Waals surface area contributed by atoms with Crippen LogP contribution in [0.5, 0.6) is 0 Å². The van der Waals surface area contributed by atoms with E-state index in [2.05, 4.69) is 48.3 Å². The third-order valence-electron chi connectivity index (χ3n) is 9.53. The van der Waals surface area contributed by atoms with Crippen molar-refractivity contribution >= 4 is 29.1 Å². The topological polar surface area (TPSA) is 73.9 Å². The molecule has 3 aliphatic rings. The zero-order valence-corrected chi connectivity index (χ0v) is 25.0. The minimum atomic E-state index is -1.26. The van der Waals surface area contributed by atoms with Gasteiger partial charge in [-0.25, -0.2) is 13.8 Å². The molecule has 2 N–H and O–H groups in total. The Labute approximate surface area is 244 Å². The van der Waals surface area contributed by atoms with Gasteiger partial charge in [0.2, 0.25) is 0 Å². The van der Waals surface area contributed by atoms with Crippen LogP contribution in [-0.4, -0.2) is 64.8 Å². The first-order chi connectivity index (χ1) is 19.4. The summed E-state index contributed by atoms with van der Waals surface area (Å²) in [5.74, 6) is 0.158. The number of H-pyrrole nitrogens is 1. The second-order valence-electron chi connectivity index (χ2n) is 13.2. The molecule has 0 radical (unpaired) electrons. The van der Waals surface area contributed by atoms with Crippen molar-refractivity contribution in [2.24, 2.45) is 11.8 Å². The monoisotopic (exact) mass is 583 g/mol. The Kier molecular flexibility index (Phi) is 6.89. The van der Waals surface area contributed by atoms with Crippen LogP contribution in [0.1, 0.15) is 73.5 Å². The van der Waals surface area contributed by atoms with E-state index in [1.807, 2.05) is 0 Å².